The molecule has 0 radical (unpaired) electrons. The first-order chi connectivity index (χ1) is 11.8. The van der Waals surface area contributed by atoms with E-state index in [9.17, 15) is 0 Å². The fourth-order valence-electron chi connectivity index (χ4n) is 4.09. The summed E-state index contributed by atoms with van der Waals surface area (Å²) in [5.41, 5.74) is 4.64. The van der Waals surface area contributed by atoms with Gasteiger partial charge in [0.15, 0.2) is 0 Å². The van der Waals surface area contributed by atoms with Gasteiger partial charge in [0, 0.05) is 0 Å². The highest BCUT2D eigenvalue weighted by atomic mass is 14.2. The summed E-state index contributed by atoms with van der Waals surface area (Å²) in [5.74, 6) is 1.69. The monoisotopic (exact) mass is 317 g/mol. The minimum Gasteiger partial charge on any atom is -0.192 e. The van der Waals surface area contributed by atoms with E-state index in [4.69, 9.17) is 5.26 Å². The van der Waals surface area contributed by atoms with E-state index < -0.39 is 0 Å². The molecule has 1 heteroatoms. The molecule has 124 valence electrons. The van der Waals surface area contributed by atoms with Crippen LogP contribution >= 0.6 is 0 Å². The van der Waals surface area contributed by atoms with Gasteiger partial charge >= 0.3 is 0 Å². The molecule has 0 saturated heterocycles. The lowest BCUT2D eigenvalue weighted by molar-refractivity contribution is 0.421. The van der Waals surface area contributed by atoms with Gasteiger partial charge in [-0.2, -0.15) is 5.26 Å². The normalized spacial score (nSPS) is 21.0. The molecule has 2 aromatic carbocycles. The first-order valence-electron chi connectivity index (χ1n) is 9.40. The van der Waals surface area contributed by atoms with Gasteiger partial charge in [0.25, 0.3) is 0 Å². The zero-order chi connectivity index (χ0) is 16.8. The second-order valence-corrected chi connectivity index (χ2v) is 7.17. The van der Waals surface area contributed by atoms with E-state index in [1.54, 1.807) is 0 Å². The maximum atomic E-state index is 8.90. The SMILES string of the molecule is CCC[C@@H]1CCC[C@@H](c2ccc(-c3ccc(C#N)cc3)cc2)CC1. The van der Waals surface area contributed by atoms with Crippen LogP contribution in [0.4, 0.5) is 0 Å². The Labute approximate surface area is 146 Å². The predicted octanol–water partition coefficient (Wildman–Crippen LogP) is 6.69. The molecule has 0 aromatic heterocycles. The number of benzene rings is 2. The van der Waals surface area contributed by atoms with Gasteiger partial charge in [-0.15, -0.1) is 0 Å². The zero-order valence-electron chi connectivity index (χ0n) is 14.7. The molecule has 0 heterocycles. The summed E-state index contributed by atoms with van der Waals surface area (Å²) >= 11 is 0. The molecule has 3 rings (SSSR count). The molecule has 0 aliphatic heterocycles. The van der Waals surface area contributed by atoms with E-state index in [0.717, 1.165) is 17.4 Å². The standard InChI is InChI=1S/C23H27N/c1-2-4-18-5-3-6-20(10-7-18)22-13-15-23(16-14-22)21-11-8-19(17-24)9-12-21/h8-9,11-16,18,20H,2-7,10H2,1H3/t18-,20-/m1/s1. The van der Waals surface area contributed by atoms with Crippen LogP contribution in [0.3, 0.4) is 0 Å². The van der Waals surface area contributed by atoms with Crippen molar-refractivity contribution in [2.24, 2.45) is 5.92 Å². The van der Waals surface area contributed by atoms with Crippen LogP contribution in [0.5, 0.6) is 0 Å². The summed E-state index contributed by atoms with van der Waals surface area (Å²) in [6.07, 6.45) is 9.63. The van der Waals surface area contributed by atoms with Crippen molar-refractivity contribution in [1.82, 2.24) is 0 Å². The molecule has 1 fully saturated rings. The topological polar surface area (TPSA) is 23.8 Å². The number of rotatable bonds is 4. The van der Waals surface area contributed by atoms with Crippen LogP contribution in [0.15, 0.2) is 48.5 Å². The first kappa shape index (κ1) is 16.8. The van der Waals surface area contributed by atoms with Crippen LogP contribution in [0.25, 0.3) is 11.1 Å². The van der Waals surface area contributed by atoms with Crippen LogP contribution < -0.4 is 0 Å². The van der Waals surface area contributed by atoms with Crippen LogP contribution in [-0.2, 0) is 0 Å². The zero-order valence-corrected chi connectivity index (χ0v) is 14.7. The van der Waals surface area contributed by atoms with E-state index in [2.05, 4.69) is 37.3 Å². The van der Waals surface area contributed by atoms with Crippen molar-refractivity contribution in [3.8, 4) is 17.2 Å². The van der Waals surface area contributed by atoms with E-state index in [1.807, 2.05) is 24.3 Å². The van der Waals surface area contributed by atoms with Crippen LogP contribution in [0.1, 0.15) is 68.9 Å². The van der Waals surface area contributed by atoms with Gasteiger partial charge in [0.05, 0.1) is 11.6 Å². The Kier molecular flexibility index (Phi) is 5.70. The average Bonchev–Trinajstić information content (AvgIpc) is 2.88. The highest BCUT2D eigenvalue weighted by Gasteiger charge is 2.19. The summed E-state index contributed by atoms with van der Waals surface area (Å²) < 4.78 is 0. The molecule has 1 aliphatic carbocycles. The third-order valence-electron chi connectivity index (χ3n) is 5.51. The number of nitrogens with zero attached hydrogens (tertiary/aromatic N) is 1. The van der Waals surface area contributed by atoms with Crippen LogP contribution in [-0.4, -0.2) is 0 Å². The Morgan fingerprint density at radius 3 is 2.17 bits per heavy atom. The van der Waals surface area contributed by atoms with Crippen molar-refractivity contribution in [2.75, 3.05) is 0 Å². The third-order valence-corrected chi connectivity index (χ3v) is 5.51. The van der Waals surface area contributed by atoms with Crippen LogP contribution in [0.2, 0.25) is 0 Å². The van der Waals surface area contributed by atoms with E-state index in [0.29, 0.717) is 0 Å². The maximum absolute atomic E-state index is 8.90. The minimum atomic E-state index is 0.718. The van der Waals surface area contributed by atoms with Gasteiger partial charge in [0.2, 0.25) is 0 Å². The summed E-state index contributed by atoms with van der Waals surface area (Å²) in [6, 6.07) is 19.1. The van der Waals surface area contributed by atoms with Crippen molar-refractivity contribution in [3.05, 3.63) is 59.7 Å². The average molecular weight is 317 g/mol. The van der Waals surface area contributed by atoms with Gasteiger partial charge < -0.3 is 0 Å². The Morgan fingerprint density at radius 2 is 1.54 bits per heavy atom. The summed E-state index contributed by atoms with van der Waals surface area (Å²) in [4.78, 5) is 0. The quantitative estimate of drug-likeness (QED) is 0.576. The fraction of sp³-hybridized carbons (Fsp3) is 0.435. The lowest BCUT2D eigenvalue weighted by Gasteiger charge is -2.16. The van der Waals surface area contributed by atoms with Gasteiger partial charge in [-0.3, -0.25) is 0 Å². The lowest BCUT2D eigenvalue weighted by atomic mass is 9.89. The van der Waals surface area contributed by atoms with Crippen LogP contribution in [0, 0.1) is 17.2 Å². The lowest BCUT2D eigenvalue weighted by Crippen LogP contribution is -1.99. The molecule has 1 nitrogen and oxygen atoms in total. The van der Waals surface area contributed by atoms with Gasteiger partial charge in [-0.05, 0) is 59.9 Å². The summed E-state index contributed by atoms with van der Waals surface area (Å²) in [7, 11) is 0. The second kappa shape index (κ2) is 8.15. The minimum absolute atomic E-state index is 0.718. The van der Waals surface area contributed by atoms with Crippen molar-refractivity contribution in [1.29, 1.82) is 5.26 Å². The summed E-state index contributed by atoms with van der Waals surface area (Å²) in [6.45, 7) is 2.31. The Balaban J connectivity index is 1.68. The van der Waals surface area contributed by atoms with Gasteiger partial charge in [-0.25, -0.2) is 0 Å². The van der Waals surface area contributed by atoms with Crippen molar-refractivity contribution in [2.45, 2.75) is 57.8 Å². The van der Waals surface area contributed by atoms with E-state index in [1.165, 1.54) is 61.6 Å². The molecule has 0 N–H and O–H groups in total. The fourth-order valence-corrected chi connectivity index (χ4v) is 4.09. The van der Waals surface area contributed by atoms with Gasteiger partial charge in [-0.1, -0.05) is 69.0 Å². The molecule has 0 spiro atoms. The summed E-state index contributed by atoms with van der Waals surface area (Å²) in [5, 5.41) is 8.90. The molecule has 0 amide bonds. The Morgan fingerprint density at radius 1 is 0.875 bits per heavy atom. The van der Waals surface area contributed by atoms with Crippen molar-refractivity contribution >= 4 is 0 Å². The molecule has 0 unspecified atom stereocenters. The maximum Gasteiger partial charge on any atom is 0.0991 e. The van der Waals surface area contributed by atoms with E-state index >= 15 is 0 Å². The molecular formula is C23H27N. The Bertz CT molecular complexity index is 675. The molecular weight excluding hydrogens is 290 g/mol. The molecule has 1 saturated carbocycles. The predicted molar refractivity (Wildman–Crippen MR) is 101 cm³/mol. The van der Waals surface area contributed by atoms with E-state index in [-0.39, 0.29) is 0 Å². The number of hydrogen-bond acceptors (Lipinski definition) is 1. The Hall–Kier alpha value is -2.07. The molecule has 2 atom stereocenters. The second-order valence-electron chi connectivity index (χ2n) is 7.17. The number of hydrogen-bond donors (Lipinski definition) is 0. The molecule has 24 heavy (non-hydrogen) atoms. The molecule has 1 aliphatic rings. The van der Waals surface area contributed by atoms with Crippen molar-refractivity contribution in [3.63, 3.8) is 0 Å². The highest BCUT2D eigenvalue weighted by molar-refractivity contribution is 5.64. The van der Waals surface area contributed by atoms with Crippen molar-refractivity contribution < 1.29 is 0 Å². The smallest absolute Gasteiger partial charge is 0.0991 e. The number of nitriles is 1. The molecule has 0 bridgehead atoms. The third kappa shape index (κ3) is 4.06. The molecule has 2 aromatic rings. The highest BCUT2D eigenvalue weighted by Crippen LogP contribution is 2.36. The van der Waals surface area contributed by atoms with Gasteiger partial charge in [0.1, 0.15) is 0 Å². The largest absolute Gasteiger partial charge is 0.192 e. The first-order valence-corrected chi connectivity index (χ1v) is 9.40.